The number of nitrogens with one attached hydrogen (secondary N) is 2. The lowest BCUT2D eigenvalue weighted by Crippen LogP contribution is -2.35. The zero-order valence-corrected chi connectivity index (χ0v) is 14.4. The molecule has 2 aliphatic rings. The van der Waals surface area contributed by atoms with Gasteiger partial charge in [0.2, 0.25) is 5.91 Å². The van der Waals surface area contributed by atoms with Crippen LogP contribution in [-0.2, 0) is 11.2 Å². The van der Waals surface area contributed by atoms with Crippen molar-refractivity contribution in [3.63, 3.8) is 0 Å². The maximum absolute atomic E-state index is 13.1. The number of carbonyl (C=O) groups excluding carboxylic acids is 1. The Morgan fingerprint density at radius 2 is 2.00 bits per heavy atom. The zero-order chi connectivity index (χ0) is 17.0. The van der Waals surface area contributed by atoms with Crippen molar-refractivity contribution in [2.24, 2.45) is 0 Å². The first-order chi connectivity index (χ1) is 11.5. The lowest BCUT2D eigenvalue weighted by molar-refractivity contribution is -0.118. The first-order valence-electron chi connectivity index (χ1n) is 8.33. The molecule has 1 atom stereocenters. The Balaban J connectivity index is 1.46. The van der Waals surface area contributed by atoms with Crippen LogP contribution in [0.1, 0.15) is 12.0 Å². The predicted molar refractivity (Wildman–Crippen MR) is 93.9 cm³/mol. The Bertz CT molecular complexity index is 561. The van der Waals surface area contributed by atoms with Crippen molar-refractivity contribution in [1.29, 1.82) is 0 Å². The Labute approximate surface area is 145 Å². The molecule has 0 aromatic heterocycles. The van der Waals surface area contributed by atoms with Gasteiger partial charge in [0.15, 0.2) is 0 Å². The number of nitrogens with zero attached hydrogens (tertiary/aromatic N) is 1. The van der Waals surface area contributed by atoms with Crippen LogP contribution in [0.25, 0.3) is 0 Å². The summed E-state index contributed by atoms with van der Waals surface area (Å²) in [5, 5.41) is 5.27. The molecule has 132 valence electrons. The van der Waals surface area contributed by atoms with E-state index in [0.29, 0.717) is 5.69 Å². The van der Waals surface area contributed by atoms with Crippen LogP contribution in [0.4, 0.5) is 14.5 Å². The van der Waals surface area contributed by atoms with Crippen LogP contribution in [0, 0.1) is 0 Å². The monoisotopic (exact) mass is 355 g/mol. The molecular formula is C17H23F2N3OS. The zero-order valence-electron chi connectivity index (χ0n) is 13.6. The van der Waals surface area contributed by atoms with Gasteiger partial charge in [-0.1, -0.05) is 12.1 Å². The van der Waals surface area contributed by atoms with Gasteiger partial charge in [-0.3, -0.25) is 10.1 Å². The third-order valence-electron chi connectivity index (χ3n) is 4.47. The Hall–Kier alpha value is -1.18. The molecule has 0 saturated carbocycles. The Morgan fingerprint density at radius 3 is 2.62 bits per heavy atom. The van der Waals surface area contributed by atoms with Gasteiger partial charge >= 0.3 is 0 Å². The van der Waals surface area contributed by atoms with E-state index in [-0.39, 0.29) is 0 Å². The van der Waals surface area contributed by atoms with Crippen LogP contribution in [0.15, 0.2) is 24.3 Å². The van der Waals surface area contributed by atoms with Gasteiger partial charge in [0.1, 0.15) is 0 Å². The lowest BCUT2D eigenvalue weighted by Gasteiger charge is -2.26. The second-order valence-electron chi connectivity index (χ2n) is 6.38. The van der Waals surface area contributed by atoms with E-state index in [1.54, 1.807) is 0 Å². The standard InChI is InChI=1S/C17H23F2N3OS/c18-17(19)11-15(20-12-17)16(23)21-14-3-1-13(2-4-14)5-6-22-7-9-24-10-8-22/h1-4,15,20H,5-12H2,(H,21,23). The highest BCUT2D eigenvalue weighted by Gasteiger charge is 2.42. The van der Waals surface area contributed by atoms with Gasteiger partial charge in [-0.25, -0.2) is 8.78 Å². The van der Waals surface area contributed by atoms with Crippen molar-refractivity contribution >= 4 is 23.4 Å². The van der Waals surface area contributed by atoms with E-state index in [2.05, 4.69) is 15.5 Å². The fourth-order valence-electron chi connectivity index (χ4n) is 3.00. The Morgan fingerprint density at radius 1 is 1.29 bits per heavy atom. The molecule has 1 aromatic carbocycles. The molecule has 4 nitrogen and oxygen atoms in total. The topological polar surface area (TPSA) is 44.4 Å². The van der Waals surface area contributed by atoms with Crippen LogP contribution in [-0.4, -0.2) is 60.5 Å². The second kappa shape index (κ2) is 7.80. The van der Waals surface area contributed by atoms with Crippen LogP contribution in [0.5, 0.6) is 0 Å². The van der Waals surface area contributed by atoms with Gasteiger partial charge in [0.05, 0.1) is 12.6 Å². The van der Waals surface area contributed by atoms with E-state index in [1.165, 1.54) is 17.1 Å². The van der Waals surface area contributed by atoms with E-state index in [9.17, 15) is 13.6 Å². The molecule has 1 unspecified atom stereocenters. The van der Waals surface area contributed by atoms with Crippen molar-refractivity contribution in [2.75, 3.05) is 43.0 Å². The summed E-state index contributed by atoms with van der Waals surface area (Å²) in [6, 6.07) is 6.84. The van der Waals surface area contributed by atoms with Gasteiger partial charge in [-0.2, -0.15) is 11.8 Å². The van der Waals surface area contributed by atoms with Crippen LogP contribution < -0.4 is 10.6 Å². The normalized spacial score (nSPS) is 24.0. The molecule has 2 saturated heterocycles. The summed E-state index contributed by atoms with van der Waals surface area (Å²) in [5.74, 6) is -0.775. The van der Waals surface area contributed by atoms with Crippen molar-refractivity contribution in [1.82, 2.24) is 10.2 Å². The van der Waals surface area contributed by atoms with Crippen LogP contribution >= 0.6 is 11.8 Å². The summed E-state index contributed by atoms with van der Waals surface area (Å²) in [6.45, 7) is 2.92. The molecule has 1 amide bonds. The van der Waals surface area contributed by atoms with Gasteiger partial charge in [-0.05, 0) is 24.1 Å². The fourth-order valence-corrected chi connectivity index (χ4v) is 3.98. The first-order valence-corrected chi connectivity index (χ1v) is 9.48. The average Bonchev–Trinajstić information content (AvgIpc) is 2.95. The van der Waals surface area contributed by atoms with Gasteiger partial charge in [0.25, 0.3) is 5.92 Å². The minimum absolute atomic E-state index is 0.397. The smallest absolute Gasteiger partial charge is 0.262 e. The number of carbonyl (C=O) groups is 1. The summed E-state index contributed by atoms with van der Waals surface area (Å²) < 4.78 is 26.3. The molecule has 1 aromatic rings. The highest BCUT2D eigenvalue weighted by molar-refractivity contribution is 7.99. The van der Waals surface area contributed by atoms with Crippen LogP contribution in [0.3, 0.4) is 0 Å². The van der Waals surface area contributed by atoms with Crippen molar-refractivity contribution in [2.45, 2.75) is 24.8 Å². The summed E-state index contributed by atoms with van der Waals surface area (Å²) in [6.07, 6.45) is 0.542. The number of benzene rings is 1. The number of hydrogen-bond donors (Lipinski definition) is 2. The van der Waals surface area contributed by atoms with E-state index in [1.807, 2.05) is 36.0 Å². The molecule has 3 rings (SSSR count). The molecule has 0 bridgehead atoms. The number of halogens is 2. The number of amides is 1. The predicted octanol–water partition coefficient (Wildman–Crippen LogP) is 2.21. The molecule has 2 aliphatic heterocycles. The van der Waals surface area contributed by atoms with E-state index < -0.39 is 30.8 Å². The van der Waals surface area contributed by atoms with Crippen molar-refractivity contribution in [3.05, 3.63) is 29.8 Å². The largest absolute Gasteiger partial charge is 0.325 e. The maximum Gasteiger partial charge on any atom is 0.262 e. The molecule has 24 heavy (non-hydrogen) atoms. The number of thioether (sulfide) groups is 1. The highest BCUT2D eigenvalue weighted by Crippen LogP contribution is 2.25. The van der Waals surface area contributed by atoms with Gasteiger partial charge in [0, 0.05) is 43.2 Å². The summed E-state index contributed by atoms with van der Waals surface area (Å²) in [4.78, 5) is 14.5. The quantitative estimate of drug-likeness (QED) is 0.850. The van der Waals surface area contributed by atoms with Crippen molar-refractivity contribution in [3.8, 4) is 0 Å². The molecule has 7 heteroatoms. The molecule has 2 fully saturated rings. The number of hydrogen-bond acceptors (Lipinski definition) is 4. The van der Waals surface area contributed by atoms with Gasteiger partial charge in [-0.15, -0.1) is 0 Å². The molecule has 2 heterocycles. The number of rotatable bonds is 5. The van der Waals surface area contributed by atoms with Gasteiger partial charge < -0.3 is 10.2 Å². The molecule has 0 aliphatic carbocycles. The summed E-state index contributed by atoms with van der Waals surface area (Å²) in [5.41, 5.74) is 1.87. The molecule has 0 radical (unpaired) electrons. The fraction of sp³-hybridized carbons (Fsp3) is 0.588. The van der Waals surface area contributed by atoms with E-state index in [0.717, 1.165) is 26.1 Å². The maximum atomic E-state index is 13.1. The van der Waals surface area contributed by atoms with E-state index in [4.69, 9.17) is 0 Å². The Kier molecular flexibility index (Phi) is 5.73. The summed E-state index contributed by atoms with van der Waals surface area (Å²) >= 11 is 2.00. The second-order valence-corrected chi connectivity index (χ2v) is 7.61. The molecule has 0 spiro atoms. The minimum atomic E-state index is -2.79. The highest BCUT2D eigenvalue weighted by atomic mass is 32.2. The third kappa shape index (κ3) is 4.91. The molecular weight excluding hydrogens is 332 g/mol. The third-order valence-corrected chi connectivity index (χ3v) is 5.41. The van der Waals surface area contributed by atoms with E-state index >= 15 is 0 Å². The summed E-state index contributed by atoms with van der Waals surface area (Å²) in [7, 11) is 0. The first kappa shape index (κ1) is 17.6. The van der Waals surface area contributed by atoms with Crippen LogP contribution in [0.2, 0.25) is 0 Å². The number of anilines is 1. The SMILES string of the molecule is O=C(Nc1ccc(CCN2CCSCC2)cc1)C1CC(F)(F)CN1. The minimum Gasteiger partial charge on any atom is -0.325 e. The number of alkyl halides is 2. The average molecular weight is 355 g/mol. The van der Waals surface area contributed by atoms with Crippen molar-refractivity contribution < 1.29 is 13.6 Å². The molecule has 2 N–H and O–H groups in total. The lowest BCUT2D eigenvalue weighted by atomic mass is 10.1.